The van der Waals surface area contributed by atoms with Crippen molar-refractivity contribution in [3.05, 3.63) is 45.8 Å². The van der Waals surface area contributed by atoms with Crippen molar-refractivity contribution >= 4 is 49.3 Å². The predicted octanol–water partition coefficient (Wildman–Crippen LogP) is 2.39. The Morgan fingerprint density at radius 2 is 2.00 bits per heavy atom. The first-order chi connectivity index (χ1) is 9.79. The molecule has 0 amide bonds. The van der Waals surface area contributed by atoms with Crippen LogP contribution in [0.3, 0.4) is 0 Å². The van der Waals surface area contributed by atoms with Crippen LogP contribution in [-0.2, 0) is 10.0 Å². The first-order valence-electron chi connectivity index (χ1n) is 5.33. The van der Waals surface area contributed by atoms with Crippen molar-refractivity contribution in [3.8, 4) is 0 Å². The number of aromatic nitrogens is 2. The quantitative estimate of drug-likeness (QED) is 0.827. The van der Waals surface area contributed by atoms with Gasteiger partial charge in [-0.05, 0) is 34.1 Å². The van der Waals surface area contributed by atoms with Gasteiger partial charge in [-0.3, -0.25) is 4.72 Å². The summed E-state index contributed by atoms with van der Waals surface area (Å²) in [6.07, 6.45) is 2.52. The summed E-state index contributed by atoms with van der Waals surface area (Å²) >= 11 is 8.89. The number of sulfonamides is 1. The molecule has 0 atom stereocenters. The summed E-state index contributed by atoms with van der Waals surface area (Å²) in [6, 6.07) is 3.38. The number of carboxylic acids is 1. The molecule has 1 heterocycles. The van der Waals surface area contributed by atoms with Gasteiger partial charge in [0, 0.05) is 0 Å². The molecule has 0 unspecified atom stereocenters. The number of benzene rings is 1. The van der Waals surface area contributed by atoms with Crippen molar-refractivity contribution in [2.24, 2.45) is 0 Å². The average Bonchev–Trinajstić information content (AvgIpc) is 2.41. The molecule has 110 valence electrons. The molecule has 2 aromatic rings. The van der Waals surface area contributed by atoms with Crippen LogP contribution in [0, 0.1) is 0 Å². The second kappa shape index (κ2) is 5.96. The molecule has 0 fully saturated rings. The Morgan fingerprint density at radius 1 is 1.29 bits per heavy atom. The smallest absolute Gasteiger partial charge is 0.335 e. The number of hydrogen-bond acceptors (Lipinski definition) is 5. The Labute approximate surface area is 133 Å². The largest absolute Gasteiger partial charge is 0.478 e. The highest BCUT2D eigenvalue weighted by atomic mass is 79.9. The number of carboxylic acid groups (broad SMARTS) is 1. The molecule has 0 saturated carbocycles. The molecule has 10 heteroatoms. The molecule has 2 N–H and O–H groups in total. The summed E-state index contributed by atoms with van der Waals surface area (Å²) in [6.45, 7) is 0. The van der Waals surface area contributed by atoms with Crippen LogP contribution in [0.25, 0.3) is 0 Å². The molecule has 2 rings (SSSR count). The Morgan fingerprint density at radius 3 is 2.57 bits per heavy atom. The van der Waals surface area contributed by atoms with Gasteiger partial charge in [0.25, 0.3) is 10.0 Å². The first-order valence-corrected chi connectivity index (χ1v) is 7.98. The summed E-state index contributed by atoms with van der Waals surface area (Å²) in [7, 11) is -4.08. The van der Waals surface area contributed by atoms with Crippen LogP contribution in [0.4, 0.5) is 5.82 Å². The fraction of sp³-hybridized carbons (Fsp3) is 0. The zero-order valence-electron chi connectivity index (χ0n) is 10.1. The minimum Gasteiger partial charge on any atom is -0.478 e. The van der Waals surface area contributed by atoms with Gasteiger partial charge in [0.15, 0.2) is 5.82 Å². The van der Waals surface area contributed by atoms with E-state index >= 15 is 0 Å². The molecular formula is C11H7BrClN3O4S. The zero-order valence-corrected chi connectivity index (χ0v) is 13.3. The molecule has 0 aliphatic rings. The van der Waals surface area contributed by atoms with E-state index in [1.165, 1.54) is 24.5 Å². The van der Waals surface area contributed by atoms with Gasteiger partial charge in [0.05, 0.1) is 23.0 Å². The van der Waals surface area contributed by atoms with Gasteiger partial charge in [-0.1, -0.05) is 11.6 Å². The maximum absolute atomic E-state index is 12.2. The Balaban J connectivity index is 2.41. The normalized spacial score (nSPS) is 11.1. The zero-order chi connectivity index (χ0) is 15.6. The molecule has 0 radical (unpaired) electrons. The summed E-state index contributed by atoms with van der Waals surface area (Å²) in [4.78, 5) is 18.2. The van der Waals surface area contributed by atoms with Crippen molar-refractivity contribution < 1.29 is 18.3 Å². The van der Waals surface area contributed by atoms with Gasteiger partial charge in [-0.15, -0.1) is 0 Å². The highest BCUT2D eigenvalue weighted by molar-refractivity contribution is 9.10. The number of nitrogens with one attached hydrogen (secondary N) is 1. The second-order valence-electron chi connectivity index (χ2n) is 3.78. The van der Waals surface area contributed by atoms with E-state index in [9.17, 15) is 13.2 Å². The van der Waals surface area contributed by atoms with E-state index in [-0.39, 0.29) is 21.3 Å². The van der Waals surface area contributed by atoms with Crippen LogP contribution in [0.1, 0.15) is 10.4 Å². The molecule has 0 aliphatic carbocycles. The Kier molecular flexibility index (Phi) is 4.45. The van der Waals surface area contributed by atoms with Crippen LogP contribution in [0.15, 0.2) is 40.1 Å². The number of halogens is 2. The molecule has 0 bridgehead atoms. The van der Waals surface area contributed by atoms with Crippen LogP contribution in [-0.4, -0.2) is 29.5 Å². The first kappa shape index (κ1) is 15.7. The molecule has 0 saturated heterocycles. The monoisotopic (exact) mass is 391 g/mol. The third-order valence-electron chi connectivity index (χ3n) is 2.33. The third kappa shape index (κ3) is 3.69. The second-order valence-corrected chi connectivity index (χ2v) is 6.65. The predicted molar refractivity (Wildman–Crippen MR) is 79.0 cm³/mol. The average molecular weight is 393 g/mol. The van der Waals surface area contributed by atoms with Gasteiger partial charge in [-0.25, -0.2) is 23.2 Å². The minimum atomic E-state index is -4.08. The fourth-order valence-electron chi connectivity index (χ4n) is 1.40. The van der Waals surface area contributed by atoms with Gasteiger partial charge in [0.2, 0.25) is 0 Å². The van der Waals surface area contributed by atoms with Crippen LogP contribution in [0.5, 0.6) is 0 Å². The summed E-state index contributed by atoms with van der Waals surface area (Å²) < 4.78 is 27.0. The molecule has 21 heavy (non-hydrogen) atoms. The standard InChI is InChI=1S/C11H7BrClN3O4S/c12-9-4-15-10(5-14-9)16-21(19,20)8-3-6(11(17)18)1-2-7(8)13/h1-5H,(H,15,16)(H,17,18). The number of rotatable bonds is 4. The maximum Gasteiger partial charge on any atom is 0.335 e. The van der Waals surface area contributed by atoms with Crippen molar-refractivity contribution in [2.45, 2.75) is 4.90 Å². The van der Waals surface area contributed by atoms with Crippen molar-refractivity contribution in [1.82, 2.24) is 9.97 Å². The molecule has 1 aromatic carbocycles. The summed E-state index contributed by atoms with van der Waals surface area (Å²) in [5, 5.41) is 8.80. The van der Waals surface area contributed by atoms with Crippen LogP contribution in [0.2, 0.25) is 5.02 Å². The highest BCUT2D eigenvalue weighted by Gasteiger charge is 2.20. The van der Waals surface area contributed by atoms with E-state index in [4.69, 9.17) is 16.7 Å². The lowest BCUT2D eigenvalue weighted by molar-refractivity contribution is 0.0696. The third-order valence-corrected chi connectivity index (χ3v) is 4.57. The molecular weight excluding hydrogens is 386 g/mol. The lowest BCUT2D eigenvalue weighted by Gasteiger charge is -2.09. The van der Waals surface area contributed by atoms with E-state index in [2.05, 4.69) is 30.6 Å². The van der Waals surface area contributed by atoms with Gasteiger partial charge in [-0.2, -0.15) is 0 Å². The molecule has 7 nitrogen and oxygen atoms in total. The number of anilines is 1. The molecule has 0 spiro atoms. The topological polar surface area (TPSA) is 109 Å². The van der Waals surface area contributed by atoms with E-state index in [1.807, 2.05) is 0 Å². The van der Waals surface area contributed by atoms with E-state index in [1.54, 1.807) is 0 Å². The van der Waals surface area contributed by atoms with E-state index < -0.39 is 16.0 Å². The Hall–Kier alpha value is -1.71. The minimum absolute atomic E-state index is 0.0185. The lowest BCUT2D eigenvalue weighted by atomic mass is 10.2. The van der Waals surface area contributed by atoms with E-state index in [0.29, 0.717) is 4.60 Å². The molecule has 1 aromatic heterocycles. The fourth-order valence-corrected chi connectivity index (χ4v) is 3.12. The summed E-state index contributed by atoms with van der Waals surface area (Å²) in [5.41, 5.74) is -0.193. The van der Waals surface area contributed by atoms with Crippen molar-refractivity contribution in [1.29, 1.82) is 0 Å². The number of hydrogen-bond donors (Lipinski definition) is 2. The number of nitrogens with zero attached hydrogens (tertiary/aromatic N) is 2. The lowest BCUT2D eigenvalue weighted by Crippen LogP contribution is -2.15. The summed E-state index contributed by atoms with van der Waals surface area (Å²) in [5.74, 6) is -1.28. The maximum atomic E-state index is 12.2. The SMILES string of the molecule is O=C(O)c1ccc(Cl)c(S(=O)(=O)Nc2cnc(Br)cn2)c1. The Bertz CT molecular complexity index is 796. The van der Waals surface area contributed by atoms with Crippen molar-refractivity contribution in [2.75, 3.05) is 4.72 Å². The highest BCUT2D eigenvalue weighted by Crippen LogP contribution is 2.24. The number of aromatic carboxylic acids is 1. The van der Waals surface area contributed by atoms with Gasteiger partial charge >= 0.3 is 5.97 Å². The van der Waals surface area contributed by atoms with Gasteiger partial charge in [0.1, 0.15) is 9.50 Å². The number of carbonyl (C=O) groups is 1. The van der Waals surface area contributed by atoms with Gasteiger partial charge < -0.3 is 5.11 Å². The van der Waals surface area contributed by atoms with E-state index in [0.717, 1.165) is 6.07 Å². The molecule has 0 aliphatic heterocycles. The van der Waals surface area contributed by atoms with Crippen LogP contribution >= 0.6 is 27.5 Å². The van der Waals surface area contributed by atoms with Crippen LogP contribution < -0.4 is 4.72 Å². The van der Waals surface area contributed by atoms with Crippen molar-refractivity contribution in [3.63, 3.8) is 0 Å².